The van der Waals surface area contributed by atoms with E-state index < -0.39 is 0 Å². The van der Waals surface area contributed by atoms with E-state index in [-0.39, 0.29) is 0 Å². The van der Waals surface area contributed by atoms with Crippen molar-refractivity contribution in [2.45, 2.75) is 45.1 Å². The molecule has 0 unspecified atom stereocenters. The van der Waals surface area contributed by atoms with E-state index in [0.717, 1.165) is 36.0 Å². The first-order valence-electron chi connectivity index (χ1n) is 6.98. The molecule has 2 fully saturated rings. The fourth-order valence-electron chi connectivity index (χ4n) is 3.57. The standard InChI is InChI=1S/C14H20N4/c1-3-12-11(8-15)14(17(2)16-12)18-9-10-6-4-5-7-13(10)18/h10,13H,3-7,9H2,1-2H3/t10-,13-/m0/s1. The van der Waals surface area contributed by atoms with Gasteiger partial charge in [-0.05, 0) is 25.2 Å². The highest BCUT2D eigenvalue weighted by atomic mass is 15.4. The first kappa shape index (κ1) is 11.6. The highest BCUT2D eigenvalue weighted by Gasteiger charge is 2.42. The molecule has 2 atom stereocenters. The number of aromatic nitrogens is 2. The molecule has 1 saturated carbocycles. The lowest BCUT2D eigenvalue weighted by Gasteiger charge is -2.52. The molecule has 4 heteroatoms. The maximum Gasteiger partial charge on any atom is 0.145 e. The van der Waals surface area contributed by atoms with Gasteiger partial charge in [-0.3, -0.25) is 4.68 Å². The van der Waals surface area contributed by atoms with Gasteiger partial charge in [0.15, 0.2) is 0 Å². The van der Waals surface area contributed by atoms with Gasteiger partial charge in [0.1, 0.15) is 17.5 Å². The van der Waals surface area contributed by atoms with E-state index in [2.05, 4.69) is 23.0 Å². The monoisotopic (exact) mass is 244 g/mol. The van der Waals surface area contributed by atoms with Gasteiger partial charge >= 0.3 is 0 Å². The fourth-order valence-corrected chi connectivity index (χ4v) is 3.57. The summed E-state index contributed by atoms with van der Waals surface area (Å²) in [5.74, 6) is 1.91. The van der Waals surface area contributed by atoms with Crippen LogP contribution in [0.15, 0.2) is 0 Å². The molecule has 1 aliphatic carbocycles. The molecule has 0 aromatic carbocycles. The van der Waals surface area contributed by atoms with Crippen molar-refractivity contribution in [2.24, 2.45) is 13.0 Å². The van der Waals surface area contributed by atoms with E-state index in [4.69, 9.17) is 0 Å². The molecule has 1 saturated heterocycles. The van der Waals surface area contributed by atoms with Gasteiger partial charge in [-0.2, -0.15) is 10.4 Å². The van der Waals surface area contributed by atoms with Crippen LogP contribution in [0.1, 0.15) is 43.9 Å². The number of rotatable bonds is 2. The lowest BCUT2D eigenvalue weighted by atomic mass is 9.77. The maximum absolute atomic E-state index is 9.38. The summed E-state index contributed by atoms with van der Waals surface area (Å²) in [6, 6.07) is 3.01. The van der Waals surface area contributed by atoms with E-state index in [1.165, 1.54) is 25.7 Å². The van der Waals surface area contributed by atoms with Gasteiger partial charge < -0.3 is 4.90 Å². The zero-order chi connectivity index (χ0) is 12.7. The molecule has 2 aliphatic rings. The molecule has 1 aromatic heterocycles. The second-order valence-corrected chi connectivity index (χ2v) is 5.50. The van der Waals surface area contributed by atoms with Crippen molar-refractivity contribution < 1.29 is 0 Å². The van der Waals surface area contributed by atoms with Crippen LogP contribution in [0.2, 0.25) is 0 Å². The zero-order valence-corrected chi connectivity index (χ0v) is 11.2. The fraction of sp³-hybridized carbons (Fsp3) is 0.714. The normalized spacial score (nSPS) is 26.4. The van der Waals surface area contributed by atoms with E-state index >= 15 is 0 Å². The van der Waals surface area contributed by atoms with Gasteiger partial charge in [-0.15, -0.1) is 0 Å². The minimum atomic E-state index is 0.658. The third kappa shape index (κ3) is 1.53. The average molecular weight is 244 g/mol. The Morgan fingerprint density at radius 2 is 2.17 bits per heavy atom. The van der Waals surface area contributed by atoms with Crippen LogP contribution in [0.25, 0.3) is 0 Å². The summed E-state index contributed by atoms with van der Waals surface area (Å²) in [5, 5.41) is 13.9. The van der Waals surface area contributed by atoms with Crippen LogP contribution < -0.4 is 4.90 Å². The predicted molar refractivity (Wildman–Crippen MR) is 70.4 cm³/mol. The zero-order valence-electron chi connectivity index (χ0n) is 11.2. The van der Waals surface area contributed by atoms with Crippen LogP contribution in [-0.4, -0.2) is 22.4 Å². The molecule has 4 nitrogen and oxygen atoms in total. The molecule has 0 bridgehead atoms. The van der Waals surface area contributed by atoms with Crippen LogP contribution in [0.4, 0.5) is 5.82 Å². The lowest BCUT2D eigenvalue weighted by molar-refractivity contribution is 0.211. The summed E-state index contributed by atoms with van der Waals surface area (Å²) in [7, 11) is 1.96. The SMILES string of the molecule is CCc1nn(C)c(N2C[C@@H]3CCCC[C@@H]32)c1C#N. The molecule has 1 aliphatic heterocycles. The van der Waals surface area contributed by atoms with Gasteiger partial charge in [0.05, 0.1) is 5.69 Å². The Hall–Kier alpha value is -1.50. The summed E-state index contributed by atoms with van der Waals surface area (Å²) in [6.45, 7) is 3.18. The Bertz CT molecular complexity index is 497. The number of anilines is 1. The number of fused-ring (bicyclic) bond motifs is 1. The van der Waals surface area contributed by atoms with Gasteiger partial charge in [0.2, 0.25) is 0 Å². The summed E-state index contributed by atoms with van der Waals surface area (Å²) < 4.78 is 1.90. The van der Waals surface area contributed by atoms with E-state index in [9.17, 15) is 5.26 Å². The number of nitriles is 1. The molecule has 2 heterocycles. The Labute approximate surface area is 108 Å². The number of hydrogen-bond donors (Lipinski definition) is 0. The summed E-state index contributed by atoms with van der Waals surface area (Å²) in [6.07, 6.45) is 6.19. The van der Waals surface area contributed by atoms with E-state index in [0.29, 0.717) is 6.04 Å². The van der Waals surface area contributed by atoms with Crippen molar-refractivity contribution in [1.82, 2.24) is 9.78 Å². The molecule has 1 aromatic rings. The molecular formula is C14H20N4. The highest BCUT2D eigenvalue weighted by molar-refractivity contribution is 5.59. The minimum absolute atomic E-state index is 0.658. The Kier molecular flexibility index (Phi) is 2.77. The second kappa shape index (κ2) is 4.31. The Morgan fingerprint density at radius 1 is 1.39 bits per heavy atom. The summed E-state index contributed by atoms with van der Waals surface area (Å²) in [5.41, 5.74) is 1.73. The summed E-state index contributed by atoms with van der Waals surface area (Å²) in [4.78, 5) is 2.41. The smallest absolute Gasteiger partial charge is 0.145 e. The summed E-state index contributed by atoms with van der Waals surface area (Å²) >= 11 is 0. The van der Waals surface area contributed by atoms with Crippen molar-refractivity contribution in [2.75, 3.05) is 11.4 Å². The van der Waals surface area contributed by atoms with E-state index in [1.807, 2.05) is 11.7 Å². The molecule has 96 valence electrons. The minimum Gasteiger partial charge on any atom is -0.352 e. The molecule has 3 rings (SSSR count). The molecule has 0 amide bonds. The van der Waals surface area contributed by atoms with Gasteiger partial charge in [-0.1, -0.05) is 19.8 Å². The molecule has 0 N–H and O–H groups in total. The van der Waals surface area contributed by atoms with Crippen molar-refractivity contribution in [3.63, 3.8) is 0 Å². The Balaban J connectivity index is 1.93. The number of aryl methyl sites for hydroxylation is 2. The topological polar surface area (TPSA) is 44.9 Å². The van der Waals surface area contributed by atoms with Gasteiger partial charge in [0, 0.05) is 19.6 Å². The third-order valence-corrected chi connectivity index (χ3v) is 4.51. The Morgan fingerprint density at radius 3 is 2.83 bits per heavy atom. The van der Waals surface area contributed by atoms with Crippen LogP contribution in [0.5, 0.6) is 0 Å². The molecule has 18 heavy (non-hydrogen) atoms. The van der Waals surface area contributed by atoms with Crippen LogP contribution in [0, 0.1) is 17.2 Å². The van der Waals surface area contributed by atoms with Crippen LogP contribution >= 0.6 is 0 Å². The quantitative estimate of drug-likeness (QED) is 0.801. The third-order valence-electron chi connectivity index (χ3n) is 4.51. The highest BCUT2D eigenvalue weighted by Crippen LogP contribution is 2.41. The first-order chi connectivity index (χ1) is 8.76. The first-order valence-corrected chi connectivity index (χ1v) is 6.98. The van der Waals surface area contributed by atoms with Gasteiger partial charge in [0.25, 0.3) is 0 Å². The number of nitrogens with zero attached hydrogens (tertiary/aromatic N) is 4. The average Bonchev–Trinajstić information content (AvgIpc) is 2.67. The number of hydrogen-bond acceptors (Lipinski definition) is 3. The maximum atomic E-state index is 9.38. The van der Waals surface area contributed by atoms with Crippen molar-refractivity contribution in [3.05, 3.63) is 11.3 Å². The molecule has 0 radical (unpaired) electrons. The van der Waals surface area contributed by atoms with Crippen molar-refractivity contribution in [1.29, 1.82) is 5.26 Å². The molecule has 0 spiro atoms. The van der Waals surface area contributed by atoms with Crippen LogP contribution in [-0.2, 0) is 13.5 Å². The largest absolute Gasteiger partial charge is 0.352 e. The predicted octanol–water partition coefficient (Wildman–Crippen LogP) is 2.23. The van der Waals surface area contributed by atoms with Crippen molar-refractivity contribution >= 4 is 5.82 Å². The second-order valence-electron chi connectivity index (χ2n) is 5.50. The van der Waals surface area contributed by atoms with Crippen LogP contribution in [0.3, 0.4) is 0 Å². The van der Waals surface area contributed by atoms with Gasteiger partial charge in [-0.25, -0.2) is 0 Å². The van der Waals surface area contributed by atoms with E-state index in [1.54, 1.807) is 0 Å². The molecular weight excluding hydrogens is 224 g/mol. The lowest BCUT2D eigenvalue weighted by Crippen LogP contribution is -2.58. The van der Waals surface area contributed by atoms with Crippen molar-refractivity contribution in [3.8, 4) is 6.07 Å².